The molecule has 0 saturated heterocycles. The van der Waals surface area contributed by atoms with Gasteiger partial charge >= 0.3 is 0 Å². The highest BCUT2D eigenvalue weighted by Gasteiger charge is 2.04. The molecule has 0 rings (SSSR count). The summed E-state index contributed by atoms with van der Waals surface area (Å²) in [6.07, 6.45) is 5.07. The zero-order valence-electron chi connectivity index (χ0n) is 9.47. The minimum Gasteiger partial charge on any atom is -0.330 e. The summed E-state index contributed by atoms with van der Waals surface area (Å²) in [5.74, 6) is 0.740. The maximum Gasteiger partial charge on any atom is 0.00617 e. The summed E-state index contributed by atoms with van der Waals surface area (Å²) < 4.78 is 0. The zero-order chi connectivity index (χ0) is 10.1. The van der Waals surface area contributed by atoms with Gasteiger partial charge in [0.1, 0.15) is 0 Å². The largest absolute Gasteiger partial charge is 0.330 e. The van der Waals surface area contributed by atoms with Gasteiger partial charge in [0, 0.05) is 6.04 Å². The minimum absolute atomic E-state index is 0.648. The molecule has 2 nitrogen and oxygen atoms in total. The molecule has 0 spiro atoms. The van der Waals surface area contributed by atoms with E-state index in [1.807, 2.05) is 0 Å². The average Bonchev–Trinajstić information content (AvgIpc) is 2.10. The maximum absolute atomic E-state index is 5.42. The summed E-state index contributed by atoms with van der Waals surface area (Å²) in [5, 5.41) is 3.53. The molecule has 1 unspecified atom stereocenters. The summed E-state index contributed by atoms with van der Waals surface area (Å²) in [5.41, 5.74) is 5.42. The van der Waals surface area contributed by atoms with Crippen LogP contribution in [0.2, 0.25) is 0 Å². The summed E-state index contributed by atoms with van der Waals surface area (Å²) in [6.45, 7) is 8.77. The zero-order valence-corrected chi connectivity index (χ0v) is 9.47. The van der Waals surface area contributed by atoms with Crippen LogP contribution < -0.4 is 11.1 Å². The molecule has 2 heteroatoms. The van der Waals surface area contributed by atoms with Gasteiger partial charge in [-0.2, -0.15) is 0 Å². The molecular weight excluding hydrogens is 160 g/mol. The Labute approximate surface area is 83.3 Å². The fraction of sp³-hybridized carbons (Fsp3) is 1.00. The molecule has 0 fully saturated rings. The highest BCUT2D eigenvalue weighted by molar-refractivity contribution is 4.63. The summed E-state index contributed by atoms with van der Waals surface area (Å²) in [7, 11) is 0. The molecular formula is C11H26N2. The quantitative estimate of drug-likeness (QED) is 0.570. The number of nitrogens with one attached hydrogen (secondary N) is 1. The van der Waals surface area contributed by atoms with Crippen molar-refractivity contribution >= 4 is 0 Å². The maximum atomic E-state index is 5.42. The molecule has 80 valence electrons. The summed E-state index contributed by atoms with van der Waals surface area (Å²) in [6, 6.07) is 0.648. The molecule has 0 aliphatic carbocycles. The second kappa shape index (κ2) is 8.52. The van der Waals surface area contributed by atoms with Crippen molar-refractivity contribution in [2.45, 2.75) is 52.5 Å². The Morgan fingerprint density at radius 3 is 2.15 bits per heavy atom. The fourth-order valence-electron chi connectivity index (χ4n) is 1.19. The van der Waals surface area contributed by atoms with E-state index in [-0.39, 0.29) is 0 Å². The minimum atomic E-state index is 0.648. The highest BCUT2D eigenvalue weighted by Crippen LogP contribution is 2.01. The number of hydrogen-bond acceptors (Lipinski definition) is 2. The Morgan fingerprint density at radius 1 is 1.00 bits per heavy atom. The lowest BCUT2D eigenvalue weighted by Crippen LogP contribution is -2.31. The molecule has 0 aliphatic rings. The number of nitrogens with two attached hydrogens (primary N) is 1. The molecule has 0 radical (unpaired) electrons. The molecule has 0 aliphatic heterocycles. The van der Waals surface area contributed by atoms with E-state index in [1.54, 1.807) is 0 Å². The standard InChI is InChI=1S/C11H26N2/c1-10(2)11(3)13-9-7-5-4-6-8-12/h10-11,13H,4-9,12H2,1-3H3. The number of rotatable bonds is 8. The van der Waals surface area contributed by atoms with Crippen LogP contribution in [0.15, 0.2) is 0 Å². The van der Waals surface area contributed by atoms with Crippen molar-refractivity contribution in [3.05, 3.63) is 0 Å². The lowest BCUT2D eigenvalue weighted by atomic mass is 10.1. The van der Waals surface area contributed by atoms with E-state index in [1.165, 1.54) is 25.7 Å². The second-order valence-corrected chi connectivity index (χ2v) is 4.19. The van der Waals surface area contributed by atoms with Crippen LogP contribution in [-0.4, -0.2) is 19.1 Å². The molecule has 0 aromatic heterocycles. The van der Waals surface area contributed by atoms with Crippen LogP contribution in [0, 0.1) is 5.92 Å². The Hall–Kier alpha value is -0.0800. The SMILES string of the molecule is CC(C)C(C)NCCCCCCN. The van der Waals surface area contributed by atoms with Crippen molar-refractivity contribution in [2.24, 2.45) is 11.7 Å². The van der Waals surface area contributed by atoms with E-state index in [0.717, 1.165) is 19.0 Å². The van der Waals surface area contributed by atoms with Crippen LogP contribution in [0.4, 0.5) is 0 Å². The third-order valence-electron chi connectivity index (χ3n) is 2.60. The van der Waals surface area contributed by atoms with Crippen LogP contribution in [0.5, 0.6) is 0 Å². The highest BCUT2D eigenvalue weighted by atomic mass is 14.9. The first kappa shape index (κ1) is 12.9. The molecule has 0 bridgehead atoms. The summed E-state index contributed by atoms with van der Waals surface area (Å²) >= 11 is 0. The van der Waals surface area contributed by atoms with Crippen LogP contribution >= 0.6 is 0 Å². The van der Waals surface area contributed by atoms with Gasteiger partial charge in [0.05, 0.1) is 0 Å². The van der Waals surface area contributed by atoms with Crippen molar-refractivity contribution in [1.82, 2.24) is 5.32 Å². The van der Waals surface area contributed by atoms with Gasteiger partial charge in [0.2, 0.25) is 0 Å². The molecule has 0 aromatic carbocycles. The van der Waals surface area contributed by atoms with Crippen LogP contribution in [0.25, 0.3) is 0 Å². The first-order valence-corrected chi connectivity index (χ1v) is 5.62. The van der Waals surface area contributed by atoms with Crippen LogP contribution in [0.1, 0.15) is 46.5 Å². The van der Waals surface area contributed by atoms with Crippen molar-refractivity contribution in [3.8, 4) is 0 Å². The van der Waals surface area contributed by atoms with Gasteiger partial charge in [-0.25, -0.2) is 0 Å². The van der Waals surface area contributed by atoms with Gasteiger partial charge in [-0.3, -0.25) is 0 Å². The molecule has 0 saturated carbocycles. The van der Waals surface area contributed by atoms with E-state index < -0.39 is 0 Å². The molecule has 0 aromatic rings. The van der Waals surface area contributed by atoms with Gasteiger partial charge in [-0.05, 0) is 38.8 Å². The molecule has 0 heterocycles. The van der Waals surface area contributed by atoms with E-state index in [9.17, 15) is 0 Å². The van der Waals surface area contributed by atoms with Gasteiger partial charge < -0.3 is 11.1 Å². The van der Waals surface area contributed by atoms with Gasteiger partial charge in [-0.1, -0.05) is 26.7 Å². The van der Waals surface area contributed by atoms with Crippen LogP contribution in [0.3, 0.4) is 0 Å². The number of unbranched alkanes of at least 4 members (excludes halogenated alkanes) is 3. The van der Waals surface area contributed by atoms with Crippen molar-refractivity contribution in [1.29, 1.82) is 0 Å². The van der Waals surface area contributed by atoms with Crippen LogP contribution in [-0.2, 0) is 0 Å². The molecule has 1 atom stereocenters. The monoisotopic (exact) mass is 186 g/mol. The summed E-state index contributed by atoms with van der Waals surface area (Å²) in [4.78, 5) is 0. The van der Waals surface area contributed by atoms with Crippen molar-refractivity contribution in [2.75, 3.05) is 13.1 Å². The normalized spacial score (nSPS) is 13.6. The van der Waals surface area contributed by atoms with Gasteiger partial charge in [-0.15, -0.1) is 0 Å². The predicted octanol–water partition coefficient (Wildman–Crippen LogP) is 2.14. The molecule has 13 heavy (non-hydrogen) atoms. The third-order valence-corrected chi connectivity index (χ3v) is 2.60. The topological polar surface area (TPSA) is 38.0 Å². The Kier molecular flexibility index (Phi) is 8.46. The van der Waals surface area contributed by atoms with Crippen molar-refractivity contribution < 1.29 is 0 Å². The Bertz CT molecular complexity index is 102. The number of hydrogen-bond donors (Lipinski definition) is 2. The predicted molar refractivity (Wildman–Crippen MR) is 59.8 cm³/mol. The van der Waals surface area contributed by atoms with Crippen molar-refractivity contribution in [3.63, 3.8) is 0 Å². The van der Waals surface area contributed by atoms with Gasteiger partial charge in [0.25, 0.3) is 0 Å². The third kappa shape index (κ3) is 8.26. The average molecular weight is 186 g/mol. The molecule has 3 N–H and O–H groups in total. The smallest absolute Gasteiger partial charge is 0.00617 e. The first-order valence-electron chi connectivity index (χ1n) is 5.62. The Balaban J connectivity index is 3.07. The van der Waals surface area contributed by atoms with E-state index in [2.05, 4.69) is 26.1 Å². The lowest BCUT2D eigenvalue weighted by molar-refractivity contribution is 0.420. The van der Waals surface area contributed by atoms with E-state index in [0.29, 0.717) is 6.04 Å². The second-order valence-electron chi connectivity index (χ2n) is 4.19. The van der Waals surface area contributed by atoms with E-state index in [4.69, 9.17) is 5.73 Å². The van der Waals surface area contributed by atoms with E-state index >= 15 is 0 Å². The van der Waals surface area contributed by atoms with Gasteiger partial charge in [0.15, 0.2) is 0 Å². The molecule has 0 amide bonds. The lowest BCUT2D eigenvalue weighted by Gasteiger charge is -2.17. The Morgan fingerprint density at radius 2 is 1.62 bits per heavy atom. The first-order chi connectivity index (χ1) is 6.18. The fourth-order valence-corrected chi connectivity index (χ4v) is 1.19.